The number of hydrogen-bond acceptors (Lipinski definition) is 3. The molecule has 48 valence electrons. The number of nitrogens with zero attached hydrogens (tertiary/aromatic N) is 2. The number of rotatable bonds is 0. The fraction of sp³-hybridized carbons (Fsp3) is 0.143. The highest BCUT2D eigenvalue weighted by Gasteiger charge is 2.03. The molecule has 0 radical (unpaired) electrons. The van der Waals surface area contributed by atoms with Crippen LogP contribution in [0.1, 0.15) is 15.3 Å². The molecule has 0 atom stereocenters. The monoisotopic (exact) mass is 148 g/mol. The first-order valence-electron chi connectivity index (χ1n) is 2.68. The van der Waals surface area contributed by atoms with E-state index in [9.17, 15) is 0 Å². The fourth-order valence-electron chi connectivity index (χ4n) is 0.680. The Balaban J connectivity index is 3.28. The third kappa shape index (κ3) is 1.00. The Bertz CT molecular complexity index is 293. The average molecular weight is 148 g/mol. The molecule has 1 aromatic rings. The zero-order valence-corrected chi connectivity index (χ0v) is 6.20. The molecule has 1 aromatic heterocycles. The number of thiophene rings is 1. The van der Waals surface area contributed by atoms with Gasteiger partial charge in [-0.3, -0.25) is 0 Å². The summed E-state index contributed by atoms with van der Waals surface area (Å²) < 4.78 is 0. The maximum Gasteiger partial charge on any atom is 0.122 e. The normalized spacial score (nSPS) is 8.30. The number of nitriles is 2. The Hall–Kier alpha value is -1.32. The Kier molecular flexibility index (Phi) is 1.71. The van der Waals surface area contributed by atoms with Gasteiger partial charge in [-0.25, -0.2) is 0 Å². The van der Waals surface area contributed by atoms with E-state index in [0.29, 0.717) is 10.4 Å². The van der Waals surface area contributed by atoms with E-state index in [1.807, 2.05) is 19.1 Å². The molecule has 0 aliphatic rings. The van der Waals surface area contributed by atoms with Crippen LogP contribution in [0.3, 0.4) is 0 Å². The van der Waals surface area contributed by atoms with E-state index in [1.165, 1.54) is 11.3 Å². The lowest BCUT2D eigenvalue weighted by atomic mass is 10.3. The third-order valence-electron chi connectivity index (χ3n) is 1.08. The molecule has 10 heavy (non-hydrogen) atoms. The van der Waals surface area contributed by atoms with Gasteiger partial charge in [-0.1, -0.05) is 0 Å². The van der Waals surface area contributed by atoms with Crippen molar-refractivity contribution in [1.29, 1.82) is 10.5 Å². The van der Waals surface area contributed by atoms with Gasteiger partial charge in [0.2, 0.25) is 0 Å². The summed E-state index contributed by atoms with van der Waals surface area (Å²) >= 11 is 1.36. The highest BCUT2D eigenvalue weighted by Crippen LogP contribution is 2.19. The minimum absolute atomic E-state index is 0.491. The van der Waals surface area contributed by atoms with Crippen molar-refractivity contribution in [3.8, 4) is 12.1 Å². The first kappa shape index (κ1) is 6.80. The second kappa shape index (κ2) is 2.51. The molecular formula is C7H4N2S. The topological polar surface area (TPSA) is 47.6 Å². The van der Waals surface area contributed by atoms with Crippen molar-refractivity contribution in [3.05, 3.63) is 21.4 Å². The van der Waals surface area contributed by atoms with Crippen molar-refractivity contribution in [2.24, 2.45) is 0 Å². The van der Waals surface area contributed by atoms with Crippen LogP contribution in [-0.4, -0.2) is 0 Å². The van der Waals surface area contributed by atoms with Crippen LogP contribution in [0, 0.1) is 29.6 Å². The van der Waals surface area contributed by atoms with Crippen LogP contribution in [0.15, 0.2) is 6.07 Å². The predicted molar refractivity (Wildman–Crippen MR) is 38.5 cm³/mol. The lowest BCUT2D eigenvalue weighted by Crippen LogP contribution is -1.68. The van der Waals surface area contributed by atoms with Crippen molar-refractivity contribution in [3.63, 3.8) is 0 Å². The van der Waals surface area contributed by atoms with Crippen LogP contribution in [0.25, 0.3) is 0 Å². The molecule has 0 spiro atoms. The maximum atomic E-state index is 8.47. The van der Waals surface area contributed by atoms with E-state index >= 15 is 0 Å². The predicted octanol–water partition coefficient (Wildman–Crippen LogP) is 1.80. The summed E-state index contributed by atoms with van der Waals surface area (Å²) in [4.78, 5) is 1.52. The second-order valence-electron chi connectivity index (χ2n) is 1.82. The summed E-state index contributed by atoms with van der Waals surface area (Å²) in [5.74, 6) is 0. The van der Waals surface area contributed by atoms with E-state index in [1.54, 1.807) is 6.07 Å². The van der Waals surface area contributed by atoms with Crippen molar-refractivity contribution in [1.82, 2.24) is 0 Å². The SMILES string of the molecule is Cc1cc(C#N)c(C#N)s1. The van der Waals surface area contributed by atoms with Gasteiger partial charge in [-0.2, -0.15) is 10.5 Å². The van der Waals surface area contributed by atoms with Crippen molar-refractivity contribution in [2.75, 3.05) is 0 Å². The van der Waals surface area contributed by atoms with E-state index in [4.69, 9.17) is 10.5 Å². The minimum Gasteiger partial charge on any atom is -0.192 e. The van der Waals surface area contributed by atoms with E-state index in [-0.39, 0.29) is 0 Å². The fourth-order valence-corrected chi connectivity index (χ4v) is 1.44. The molecule has 0 saturated carbocycles. The Morgan fingerprint density at radius 2 is 2.10 bits per heavy atom. The van der Waals surface area contributed by atoms with Gasteiger partial charge in [-0.05, 0) is 13.0 Å². The molecule has 1 heterocycles. The van der Waals surface area contributed by atoms with Gasteiger partial charge in [0.25, 0.3) is 0 Å². The molecule has 0 saturated heterocycles. The van der Waals surface area contributed by atoms with Gasteiger partial charge in [0.1, 0.15) is 17.0 Å². The van der Waals surface area contributed by atoms with Crippen LogP contribution in [0.4, 0.5) is 0 Å². The summed E-state index contributed by atoms with van der Waals surface area (Å²) in [6, 6.07) is 5.64. The average Bonchev–Trinajstić information content (AvgIpc) is 2.30. The zero-order chi connectivity index (χ0) is 7.56. The molecule has 3 heteroatoms. The second-order valence-corrected chi connectivity index (χ2v) is 3.08. The van der Waals surface area contributed by atoms with E-state index in [0.717, 1.165) is 4.88 Å². The molecule has 0 amide bonds. The Labute approximate surface area is 63.0 Å². The summed E-state index contributed by atoms with van der Waals surface area (Å²) in [6.07, 6.45) is 0. The lowest BCUT2D eigenvalue weighted by Gasteiger charge is -1.73. The first-order chi connectivity index (χ1) is 4.77. The number of aryl methyl sites for hydroxylation is 1. The molecule has 0 aromatic carbocycles. The molecule has 1 rings (SSSR count). The molecule has 0 fully saturated rings. The van der Waals surface area contributed by atoms with Crippen LogP contribution >= 0.6 is 11.3 Å². The highest BCUT2D eigenvalue weighted by molar-refractivity contribution is 7.12. The molecule has 0 N–H and O–H groups in total. The molecule has 2 nitrogen and oxygen atoms in total. The first-order valence-corrected chi connectivity index (χ1v) is 3.50. The molecule has 0 bridgehead atoms. The van der Waals surface area contributed by atoms with Crippen LogP contribution in [0.2, 0.25) is 0 Å². The van der Waals surface area contributed by atoms with Crippen molar-refractivity contribution in [2.45, 2.75) is 6.92 Å². The summed E-state index contributed by atoms with van der Waals surface area (Å²) in [5.41, 5.74) is 0.491. The quantitative estimate of drug-likeness (QED) is 0.563. The zero-order valence-electron chi connectivity index (χ0n) is 5.38. The molecule has 0 aliphatic heterocycles. The van der Waals surface area contributed by atoms with Crippen LogP contribution in [-0.2, 0) is 0 Å². The Morgan fingerprint density at radius 1 is 1.40 bits per heavy atom. The molecule has 0 unspecified atom stereocenters. The lowest BCUT2D eigenvalue weighted by molar-refractivity contribution is 1.47. The Morgan fingerprint density at radius 3 is 2.50 bits per heavy atom. The number of hydrogen-bond donors (Lipinski definition) is 0. The van der Waals surface area contributed by atoms with E-state index in [2.05, 4.69) is 0 Å². The van der Waals surface area contributed by atoms with Gasteiger partial charge in [0, 0.05) is 4.88 Å². The summed E-state index contributed by atoms with van der Waals surface area (Å²) in [7, 11) is 0. The largest absolute Gasteiger partial charge is 0.192 e. The van der Waals surface area contributed by atoms with Gasteiger partial charge < -0.3 is 0 Å². The maximum absolute atomic E-state index is 8.47. The van der Waals surface area contributed by atoms with Gasteiger partial charge in [0.15, 0.2) is 0 Å². The minimum atomic E-state index is 0.491. The van der Waals surface area contributed by atoms with Crippen LogP contribution in [0.5, 0.6) is 0 Å². The van der Waals surface area contributed by atoms with E-state index < -0.39 is 0 Å². The van der Waals surface area contributed by atoms with Crippen molar-refractivity contribution < 1.29 is 0 Å². The third-order valence-corrected chi connectivity index (χ3v) is 2.03. The summed E-state index contributed by atoms with van der Waals surface area (Å²) in [5, 5.41) is 16.9. The standard InChI is InChI=1S/C7H4N2S/c1-5-2-6(3-8)7(4-9)10-5/h2H,1H3. The smallest absolute Gasteiger partial charge is 0.122 e. The van der Waals surface area contributed by atoms with Gasteiger partial charge >= 0.3 is 0 Å². The molecule has 0 aliphatic carbocycles. The van der Waals surface area contributed by atoms with Crippen LogP contribution < -0.4 is 0 Å². The summed E-state index contributed by atoms with van der Waals surface area (Å²) in [6.45, 7) is 1.88. The van der Waals surface area contributed by atoms with Crippen molar-refractivity contribution >= 4 is 11.3 Å². The van der Waals surface area contributed by atoms with Gasteiger partial charge in [0.05, 0.1) is 5.56 Å². The van der Waals surface area contributed by atoms with Gasteiger partial charge in [-0.15, -0.1) is 11.3 Å². The molecular weight excluding hydrogens is 144 g/mol. The highest BCUT2D eigenvalue weighted by atomic mass is 32.1.